The molecule has 0 saturated carbocycles. The molecule has 0 radical (unpaired) electrons. The summed E-state index contributed by atoms with van der Waals surface area (Å²) in [5.74, 6) is 0.815. The minimum atomic E-state index is 0.529. The van der Waals surface area contributed by atoms with Crippen molar-refractivity contribution in [3.05, 3.63) is 64.8 Å². The fraction of sp³-hybridized carbons (Fsp3) is 0.176. The Labute approximate surface area is 128 Å². The number of rotatable bonds is 4. The van der Waals surface area contributed by atoms with Gasteiger partial charge in [-0.2, -0.15) is 0 Å². The van der Waals surface area contributed by atoms with Gasteiger partial charge in [-0.1, -0.05) is 23.7 Å². The first-order valence-electron chi connectivity index (χ1n) is 6.82. The highest BCUT2D eigenvalue weighted by Crippen LogP contribution is 2.24. The maximum absolute atomic E-state index is 5.87. The Balaban J connectivity index is 1.85. The molecule has 2 N–H and O–H groups in total. The summed E-state index contributed by atoms with van der Waals surface area (Å²) in [6, 6.07) is 13.7. The van der Waals surface area contributed by atoms with Gasteiger partial charge in [0.25, 0.3) is 0 Å². The Bertz CT molecular complexity index is 762. The molecule has 3 rings (SSSR count). The van der Waals surface area contributed by atoms with E-state index in [0.717, 1.165) is 16.9 Å². The largest absolute Gasteiger partial charge is 0.489 e. The van der Waals surface area contributed by atoms with Crippen LogP contribution in [0.2, 0.25) is 5.02 Å². The van der Waals surface area contributed by atoms with Gasteiger partial charge < -0.3 is 15.0 Å². The van der Waals surface area contributed by atoms with Gasteiger partial charge in [-0.3, -0.25) is 0 Å². The second kappa shape index (κ2) is 5.80. The van der Waals surface area contributed by atoms with Crippen molar-refractivity contribution < 1.29 is 4.74 Å². The van der Waals surface area contributed by atoms with E-state index < -0.39 is 0 Å². The number of nitrogens with zero attached hydrogens (tertiary/aromatic N) is 1. The minimum Gasteiger partial charge on any atom is -0.489 e. The van der Waals surface area contributed by atoms with Crippen LogP contribution < -0.4 is 10.5 Å². The van der Waals surface area contributed by atoms with E-state index in [-0.39, 0.29) is 0 Å². The standard InChI is InChI=1S/C17H17ClN2O/c1-20-10-13(11-21-15-5-3-14(18)4-6-15)16-7-2-12(9-19)8-17(16)20/h2-8,10H,9,11,19H2,1H3. The van der Waals surface area contributed by atoms with Crippen LogP contribution >= 0.6 is 11.6 Å². The SMILES string of the molecule is Cn1cc(COc2ccc(Cl)cc2)c2ccc(CN)cc21. The monoisotopic (exact) mass is 300 g/mol. The Morgan fingerprint density at radius 3 is 2.62 bits per heavy atom. The van der Waals surface area contributed by atoms with Gasteiger partial charge in [-0.05, 0) is 35.9 Å². The molecule has 0 aliphatic heterocycles. The first-order chi connectivity index (χ1) is 10.2. The smallest absolute Gasteiger partial charge is 0.119 e. The van der Waals surface area contributed by atoms with Gasteiger partial charge in [0, 0.05) is 41.3 Å². The lowest BCUT2D eigenvalue weighted by molar-refractivity contribution is 0.307. The average molecular weight is 301 g/mol. The molecular weight excluding hydrogens is 284 g/mol. The molecule has 0 aliphatic rings. The Morgan fingerprint density at radius 2 is 1.90 bits per heavy atom. The highest BCUT2D eigenvalue weighted by Gasteiger charge is 2.08. The highest BCUT2D eigenvalue weighted by molar-refractivity contribution is 6.30. The first-order valence-corrected chi connectivity index (χ1v) is 7.20. The quantitative estimate of drug-likeness (QED) is 0.794. The summed E-state index contributed by atoms with van der Waals surface area (Å²) in [7, 11) is 2.04. The van der Waals surface area contributed by atoms with Crippen LogP contribution in [0.5, 0.6) is 5.75 Å². The number of hydrogen-bond acceptors (Lipinski definition) is 2. The van der Waals surface area contributed by atoms with Crippen molar-refractivity contribution in [3.8, 4) is 5.75 Å². The summed E-state index contributed by atoms with van der Waals surface area (Å²) in [4.78, 5) is 0. The van der Waals surface area contributed by atoms with Gasteiger partial charge >= 0.3 is 0 Å². The molecule has 0 aliphatic carbocycles. The Morgan fingerprint density at radius 1 is 1.14 bits per heavy atom. The summed E-state index contributed by atoms with van der Waals surface area (Å²) in [5.41, 5.74) is 9.17. The number of nitrogens with two attached hydrogens (primary N) is 1. The van der Waals surface area contributed by atoms with Crippen molar-refractivity contribution in [3.63, 3.8) is 0 Å². The lowest BCUT2D eigenvalue weighted by Gasteiger charge is -2.05. The van der Waals surface area contributed by atoms with Crippen molar-refractivity contribution in [1.82, 2.24) is 4.57 Å². The van der Waals surface area contributed by atoms with E-state index in [1.165, 1.54) is 10.9 Å². The fourth-order valence-electron chi connectivity index (χ4n) is 2.45. The molecule has 0 unspecified atom stereocenters. The lowest BCUT2D eigenvalue weighted by Crippen LogP contribution is -1.96. The maximum Gasteiger partial charge on any atom is 0.119 e. The summed E-state index contributed by atoms with van der Waals surface area (Å²) in [6.07, 6.45) is 2.10. The van der Waals surface area contributed by atoms with Crippen molar-refractivity contribution in [2.75, 3.05) is 0 Å². The minimum absolute atomic E-state index is 0.529. The van der Waals surface area contributed by atoms with E-state index in [1.807, 2.05) is 31.3 Å². The van der Waals surface area contributed by atoms with Crippen LogP contribution in [0, 0.1) is 0 Å². The first kappa shape index (κ1) is 14.0. The fourth-order valence-corrected chi connectivity index (χ4v) is 2.57. The average Bonchev–Trinajstić information content (AvgIpc) is 2.82. The number of halogens is 1. The molecular formula is C17H17ClN2O. The molecule has 0 amide bonds. The van der Waals surface area contributed by atoms with Crippen LogP contribution in [0.3, 0.4) is 0 Å². The third-order valence-corrected chi connectivity index (χ3v) is 3.83. The van der Waals surface area contributed by atoms with Crippen LogP contribution in [-0.4, -0.2) is 4.57 Å². The van der Waals surface area contributed by atoms with E-state index in [2.05, 4.69) is 29.0 Å². The van der Waals surface area contributed by atoms with Crippen LogP contribution in [0.15, 0.2) is 48.7 Å². The highest BCUT2D eigenvalue weighted by atomic mass is 35.5. The number of benzene rings is 2. The van der Waals surface area contributed by atoms with Gasteiger partial charge in [0.1, 0.15) is 12.4 Å². The van der Waals surface area contributed by atoms with Crippen molar-refractivity contribution in [1.29, 1.82) is 0 Å². The predicted octanol–water partition coefficient (Wildman–Crippen LogP) is 3.87. The van der Waals surface area contributed by atoms with Gasteiger partial charge in [0.15, 0.2) is 0 Å². The Hall–Kier alpha value is -1.97. The van der Waals surface area contributed by atoms with Crippen LogP contribution in [0.25, 0.3) is 10.9 Å². The summed E-state index contributed by atoms with van der Waals surface area (Å²) < 4.78 is 7.93. The number of aromatic nitrogens is 1. The van der Waals surface area contributed by atoms with Crippen LogP contribution in [0.1, 0.15) is 11.1 Å². The third-order valence-electron chi connectivity index (χ3n) is 3.58. The summed E-state index contributed by atoms with van der Waals surface area (Å²) in [6.45, 7) is 1.08. The predicted molar refractivity (Wildman–Crippen MR) is 86.6 cm³/mol. The lowest BCUT2D eigenvalue weighted by atomic mass is 10.1. The number of hydrogen-bond donors (Lipinski definition) is 1. The zero-order valence-corrected chi connectivity index (χ0v) is 12.6. The van der Waals surface area contributed by atoms with Gasteiger partial charge in [0.2, 0.25) is 0 Å². The summed E-state index contributed by atoms with van der Waals surface area (Å²) in [5, 5.41) is 1.91. The van der Waals surface area contributed by atoms with E-state index >= 15 is 0 Å². The second-order valence-corrected chi connectivity index (χ2v) is 5.50. The zero-order chi connectivity index (χ0) is 14.8. The van der Waals surface area contributed by atoms with E-state index in [9.17, 15) is 0 Å². The van der Waals surface area contributed by atoms with E-state index in [4.69, 9.17) is 22.1 Å². The molecule has 3 nitrogen and oxygen atoms in total. The topological polar surface area (TPSA) is 40.2 Å². The molecule has 1 aromatic heterocycles. The second-order valence-electron chi connectivity index (χ2n) is 5.06. The molecule has 2 aromatic carbocycles. The van der Waals surface area contributed by atoms with Gasteiger partial charge in [0.05, 0.1) is 0 Å². The van der Waals surface area contributed by atoms with Crippen LogP contribution in [0.4, 0.5) is 0 Å². The van der Waals surface area contributed by atoms with E-state index in [1.54, 1.807) is 0 Å². The van der Waals surface area contributed by atoms with Crippen molar-refractivity contribution in [2.24, 2.45) is 12.8 Å². The molecule has 0 saturated heterocycles. The molecule has 4 heteroatoms. The maximum atomic E-state index is 5.87. The normalized spacial score (nSPS) is 11.0. The molecule has 3 aromatic rings. The van der Waals surface area contributed by atoms with Gasteiger partial charge in [-0.15, -0.1) is 0 Å². The van der Waals surface area contributed by atoms with E-state index in [0.29, 0.717) is 18.2 Å². The third kappa shape index (κ3) is 2.89. The Kier molecular flexibility index (Phi) is 3.86. The molecule has 108 valence electrons. The van der Waals surface area contributed by atoms with Crippen molar-refractivity contribution >= 4 is 22.5 Å². The molecule has 21 heavy (non-hydrogen) atoms. The summed E-state index contributed by atoms with van der Waals surface area (Å²) >= 11 is 5.87. The number of fused-ring (bicyclic) bond motifs is 1. The van der Waals surface area contributed by atoms with Gasteiger partial charge in [-0.25, -0.2) is 0 Å². The molecule has 0 fully saturated rings. The zero-order valence-electron chi connectivity index (χ0n) is 11.8. The molecule has 0 bridgehead atoms. The van der Waals surface area contributed by atoms with Crippen LogP contribution in [-0.2, 0) is 20.2 Å². The molecule has 0 spiro atoms. The number of aryl methyl sites for hydroxylation is 1. The number of ether oxygens (including phenoxy) is 1. The van der Waals surface area contributed by atoms with Crippen molar-refractivity contribution in [2.45, 2.75) is 13.2 Å². The molecule has 0 atom stereocenters. The molecule has 1 heterocycles.